The molecule has 0 radical (unpaired) electrons. The molecule has 0 unspecified atom stereocenters. The van der Waals surface area contributed by atoms with Crippen LogP contribution in [0.5, 0.6) is 0 Å². The summed E-state index contributed by atoms with van der Waals surface area (Å²) in [6.07, 6.45) is 1.66. The summed E-state index contributed by atoms with van der Waals surface area (Å²) in [5.41, 5.74) is 2.47. The van der Waals surface area contributed by atoms with E-state index < -0.39 is 21.7 Å². The zero-order chi connectivity index (χ0) is 14.6. The zero-order valence-corrected chi connectivity index (χ0v) is 11.9. The molecule has 1 rings (SSSR count). The van der Waals surface area contributed by atoms with Crippen LogP contribution in [-0.4, -0.2) is 25.2 Å². The van der Waals surface area contributed by atoms with Gasteiger partial charge in [0.05, 0.1) is 17.4 Å². The molecule has 0 spiro atoms. The quantitative estimate of drug-likeness (QED) is 0.869. The fourth-order valence-electron chi connectivity index (χ4n) is 1.86. The van der Waals surface area contributed by atoms with Crippen molar-refractivity contribution in [3.8, 4) is 0 Å². The summed E-state index contributed by atoms with van der Waals surface area (Å²) >= 11 is 0. The molecule has 19 heavy (non-hydrogen) atoms. The van der Waals surface area contributed by atoms with Gasteiger partial charge < -0.3 is 5.11 Å². The van der Waals surface area contributed by atoms with Crippen molar-refractivity contribution >= 4 is 21.9 Å². The van der Waals surface area contributed by atoms with Crippen molar-refractivity contribution in [2.75, 3.05) is 5.75 Å². The molecule has 0 aliphatic rings. The van der Waals surface area contributed by atoms with Gasteiger partial charge in [-0.3, -0.25) is 4.79 Å². The minimum atomic E-state index is -3.44. The van der Waals surface area contributed by atoms with Crippen molar-refractivity contribution in [3.05, 3.63) is 41.5 Å². The van der Waals surface area contributed by atoms with E-state index in [1.54, 1.807) is 18.2 Å². The second-order valence-electron chi connectivity index (χ2n) is 4.75. The van der Waals surface area contributed by atoms with Gasteiger partial charge in [-0.1, -0.05) is 43.3 Å². The normalized spacial score (nSPS) is 12.9. The molecule has 104 valence electrons. The minimum absolute atomic E-state index is 0.146. The molecule has 1 aromatic carbocycles. The second kappa shape index (κ2) is 6.02. The monoisotopic (exact) mass is 282 g/mol. The van der Waals surface area contributed by atoms with Gasteiger partial charge in [-0.2, -0.15) is 0 Å². The van der Waals surface area contributed by atoms with Crippen LogP contribution in [0.15, 0.2) is 24.8 Å². The second-order valence-corrected chi connectivity index (χ2v) is 6.86. The largest absolute Gasteiger partial charge is 0.481 e. The van der Waals surface area contributed by atoms with Crippen LogP contribution in [0.4, 0.5) is 0 Å². The molecule has 0 saturated heterocycles. The van der Waals surface area contributed by atoms with Crippen LogP contribution in [0.2, 0.25) is 0 Å². The summed E-state index contributed by atoms with van der Waals surface area (Å²) in [6, 6.07) is 5.45. The number of carboxylic acids is 1. The Morgan fingerprint density at radius 1 is 1.42 bits per heavy atom. The number of aryl methyl sites for hydroxylation is 1. The van der Waals surface area contributed by atoms with E-state index in [4.69, 9.17) is 5.11 Å². The van der Waals surface area contributed by atoms with Gasteiger partial charge >= 0.3 is 5.97 Å². The molecule has 1 atom stereocenters. The summed E-state index contributed by atoms with van der Waals surface area (Å²) in [5.74, 6) is -2.49. The molecule has 0 saturated carbocycles. The smallest absolute Gasteiger partial charge is 0.307 e. The molecule has 0 amide bonds. The van der Waals surface area contributed by atoms with Gasteiger partial charge in [-0.05, 0) is 18.1 Å². The predicted octanol–water partition coefficient (Wildman–Crippen LogP) is 2.27. The third kappa shape index (κ3) is 4.87. The Kier molecular flexibility index (Phi) is 4.89. The van der Waals surface area contributed by atoms with Crippen molar-refractivity contribution < 1.29 is 18.3 Å². The molecule has 0 aliphatic heterocycles. The summed E-state index contributed by atoms with van der Waals surface area (Å²) in [4.78, 5) is 10.7. The lowest BCUT2D eigenvalue weighted by Gasteiger charge is -2.09. The van der Waals surface area contributed by atoms with Crippen molar-refractivity contribution in [2.24, 2.45) is 5.92 Å². The molecule has 0 bridgehead atoms. The highest BCUT2D eigenvalue weighted by Crippen LogP contribution is 2.15. The Morgan fingerprint density at radius 2 is 2.05 bits per heavy atom. The Bertz CT molecular complexity index is 587. The molecule has 4 nitrogen and oxygen atoms in total. The lowest BCUT2D eigenvalue weighted by atomic mass is 10.1. The first-order valence-corrected chi connectivity index (χ1v) is 7.72. The number of rotatable bonds is 6. The average Bonchev–Trinajstić information content (AvgIpc) is 2.26. The SMILES string of the molecule is C=Cc1cc(C)cc(CS(=O)(=O)C[C@@H](C)C(=O)O)c1. The number of carboxylic acid groups (broad SMARTS) is 1. The highest BCUT2D eigenvalue weighted by Gasteiger charge is 2.21. The first kappa shape index (κ1) is 15.4. The number of hydrogen-bond acceptors (Lipinski definition) is 3. The predicted molar refractivity (Wildman–Crippen MR) is 75.6 cm³/mol. The standard InChI is InChI=1S/C14H18O4S/c1-4-12-5-10(2)6-13(7-12)9-19(17,18)8-11(3)14(15)16/h4-7,11H,1,8-9H2,2-3H3,(H,15,16)/t11-/m1/s1. The van der Waals surface area contributed by atoms with Crippen LogP contribution in [0, 0.1) is 12.8 Å². The maximum absolute atomic E-state index is 11.9. The maximum Gasteiger partial charge on any atom is 0.307 e. The van der Waals surface area contributed by atoms with Crippen LogP contribution >= 0.6 is 0 Å². The molecule has 0 aliphatic carbocycles. The molecule has 5 heteroatoms. The van der Waals surface area contributed by atoms with Crippen molar-refractivity contribution in [2.45, 2.75) is 19.6 Å². The molecule has 1 N–H and O–H groups in total. The number of benzene rings is 1. The van der Waals surface area contributed by atoms with Crippen LogP contribution in [0.1, 0.15) is 23.6 Å². The topological polar surface area (TPSA) is 71.4 Å². The maximum atomic E-state index is 11.9. The Morgan fingerprint density at radius 3 is 2.58 bits per heavy atom. The third-order valence-corrected chi connectivity index (χ3v) is 4.49. The summed E-state index contributed by atoms with van der Waals surface area (Å²) in [7, 11) is -3.44. The van der Waals surface area contributed by atoms with E-state index in [1.807, 2.05) is 13.0 Å². The van der Waals surface area contributed by atoms with E-state index in [0.717, 1.165) is 11.1 Å². The minimum Gasteiger partial charge on any atom is -0.481 e. The van der Waals surface area contributed by atoms with E-state index in [2.05, 4.69) is 6.58 Å². The number of hydrogen-bond donors (Lipinski definition) is 1. The molecule has 0 aromatic heterocycles. The number of sulfone groups is 1. The summed E-state index contributed by atoms with van der Waals surface area (Å²) in [5, 5.41) is 8.76. The van der Waals surface area contributed by atoms with E-state index in [-0.39, 0.29) is 11.5 Å². The summed E-state index contributed by atoms with van der Waals surface area (Å²) in [6.45, 7) is 6.93. The van der Waals surface area contributed by atoms with E-state index >= 15 is 0 Å². The van der Waals surface area contributed by atoms with Gasteiger partial charge in [0.25, 0.3) is 0 Å². The third-order valence-electron chi connectivity index (χ3n) is 2.71. The van der Waals surface area contributed by atoms with E-state index in [0.29, 0.717) is 5.56 Å². The summed E-state index contributed by atoms with van der Waals surface area (Å²) < 4.78 is 23.9. The van der Waals surface area contributed by atoms with Crippen LogP contribution in [-0.2, 0) is 20.4 Å². The van der Waals surface area contributed by atoms with Crippen molar-refractivity contribution in [1.29, 1.82) is 0 Å². The lowest BCUT2D eigenvalue weighted by molar-refractivity contribution is -0.140. The van der Waals surface area contributed by atoms with Gasteiger partial charge in [0.15, 0.2) is 9.84 Å². The number of carbonyl (C=O) groups is 1. The van der Waals surface area contributed by atoms with Crippen molar-refractivity contribution in [1.82, 2.24) is 0 Å². The van der Waals surface area contributed by atoms with Gasteiger partial charge in [0.1, 0.15) is 0 Å². The Labute approximate surface area is 113 Å². The molecular weight excluding hydrogens is 264 g/mol. The molecular formula is C14H18O4S. The van der Waals surface area contributed by atoms with Gasteiger partial charge in [-0.15, -0.1) is 0 Å². The van der Waals surface area contributed by atoms with Gasteiger partial charge in [-0.25, -0.2) is 8.42 Å². The van der Waals surface area contributed by atoms with Crippen LogP contribution < -0.4 is 0 Å². The molecule has 1 aromatic rings. The molecule has 0 fully saturated rings. The fraction of sp³-hybridized carbons (Fsp3) is 0.357. The van der Waals surface area contributed by atoms with Gasteiger partial charge in [0.2, 0.25) is 0 Å². The zero-order valence-electron chi connectivity index (χ0n) is 11.1. The van der Waals surface area contributed by atoms with Crippen molar-refractivity contribution in [3.63, 3.8) is 0 Å². The van der Waals surface area contributed by atoms with E-state index in [1.165, 1.54) is 6.92 Å². The van der Waals surface area contributed by atoms with E-state index in [9.17, 15) is 13.2 Å². The highest BCUT2D eigenvalue weighted by molar-refractivity contribution is 7.90. The fourth-order valence-corrected chi connectivity index (χ4v) is 3.56. The van der Waals surface area contributed by atoms with Crippen LogP contribution in [0.3, 0.4) is 0 Å². The Balaban J connectivity index is 2.92. The first-order chi connectivity index (χ1) is 8.73. The number of aliphatic carboxylic acids is 1. The lowest BCUT2D eigenvalue weighted by Crippen LogP contribution is -2.22. The highest BCUT2D eigenvalue weighted by atomic mass is 32.2. The first-order valence-electron chi connectivity index (χ1n) is 5.90. The Hall–Kier alpha value is -1.62. The average molecular weight is 282 g/mol. The van der Waals surface area contributed by atoms with Crippen LogP contribution in [0.25, 0.3) is 6.08 Å². The molecule has 0 heterocycles. The van der Waals surface area contributed by atoms with Gasteiger partial charge in [0, 0.05) is 0 Å².